The predicted octanol–water partition coefficient (Wildman–Crippen LogP) is 4.93. The van der Waals surface area contributed by atoms with Crippen molar-refractivity contribution in [1.29, 1.82) is 0 Å². The lowest BCUT2D eigenvalue weighted by molar-refractivity contribution is 0.0925. The summed E-state index contributed by atoms with van der Waals surface area (Å²) >= 11 is 0. The fourth-order valence-corrected chi connectivity index (χ4v) is 4.86. The van der Waals surface area contributed by atoms with Gasteiger partial charge >= 0.3 is 0 Å². The molecule has 1 N–H and O–H groups in total. The van der Waals surface area contributed by atoms with Crippen LogP contribution in [0.15, 0.2) is 67.0 Å². The van der Waals surface area contributed by atoms with Crippen LogP contribution >= 0.6 is 0 Å². The van der Waals surface area contributed by atoms with Gasteiger partial charge < -0.3 is 9.88 Å². The molecule has 0 radical (unpaired) electrons. The highest BCUT2D eigenvalue weighted by Gasteiger charge is 2.30. The van der Waals surface area contributed by atoms with E-state index in [9.17, 15) is 9.59 Å². The van der Waals surface area contributed by atoms with Crippen molar-refractivity contribution in [1.82, 2.24) is 19.9 Å². The molecule has 5 rings (SSSR count). The minimum absolute atomic E-state index is 0.160. The summed E-state index contributed by atoms with van der Waals surface area (Å²) in [7, 11) is 1.70. The van der Waals surface area contributed by atoms with E-state index in [1.165, 1.54) is 4.90 Å². The maximum absolute atomic E-state index is 13.7. The lowest BCUT2D eigenvalue weighted by atomic mass is 10.0. The van der Waals surface area contributed by atoms with E-state index in [4.69, 9.17) is 4.98 Å². The van der Waals surface area contributed by atoms with Gasteiger partial charge in [-0.3, -0.25) is 19.5 Å². The van der Waals surface area contributed by atoms with Crippen LogP contribution in [0, 0.1) is 0 Å². The number of benzene rings is 2. The molecule has 7 heteroatoms. The molecule has 7 nitrogen and oxygen atoms in total. The van der Waals surface area contributed by atoms with Crippen LogP contribution in [0.2, 0.25) is 0 Å². The Morgan fingerprint density at radius 3 is 2.63 bits per heavy atom. The van der Waals surface area contributed by atoms with Crippen molar-refractivity contribution in [2.24, 2.45) is 0 Å². The Balaban J connectivity index is 1.52. The Hall–Kier alpha value is -4.00. The summed E-state index contributed by atoms with van der Waals surface area (Å²) in [5, 5.41) is 5.05. The number of pyridine rings is 1. The van der Waals surface area contributed by atoms with Crippen LogP contribution < -0.4 is 10.2 Å². The highest BCUT2D eigenvalue weighted by molar-refractivity contribution is 6.15. The Morgan fingerprint density at radius 2 is 1.83 bits per heavy atom. The molecule has 0 fully saturated rings. The molecular weight excluding hydrogens is 438 g/mol. The highest BCUT2D eigenvalue weighted by atomic mass is 16.2. The van der Waals surface area contributed by atoms with E-state index in [0.29, 0.717) is 23.6 Å². The molecule has 0 saturated carbocycles. The van der Waals surface area contributed by atoms with E-state index < -0.39 is 0 Å². The molecule has 2 amide bonds. The minimum atomic E-state index is -0.220. The summed E-state index contributed by atoms with van der Waals surface area (Å²) in [6.07, 6.45) is 6.98. The van der Waals surface area contributed by atoms with Gasteiger partial charge in [0.15, 0.2) is 11.5 Å². The van der Waals surface area contributed by atoms with Gasteiger partial charge in [-0.25, -0.2) is 4.98 Å². The number of anilines is 1. The smallest absolute Gasteiger partial charge is 0.272 e. The van der Waals surface area contributed by atoms with Crippen molar-refractivity contribution < 1.29 is 9.59 Å². The number of hydrogen-bond donors (Lipinski definition) is 1. The van der Waals surface area contributed by atoms with Gasteiger partial charge in [0.1, 0.15) is 5.82 Å². The van der Waals surface area contributed by atoms with Gasteiger partial charge in [0.2, 0.25) is 0 Å². The highest BCUT2D eigenvalue weighted by Crippen LogP contribution is 2.29. The molecule has 0 spiro atoms. The number of carbonyl (C=O) groups is 2. The van der Waals surface area contributed by atoms with E-state index in [-0.39, 0.29) is 17.9 Å². The SMILES string of the molecule is CCC(NC(=O)c1c(N(C)C(=O)c2cccc3ccccc23)nc2n1CCCC2)c1ccncc1. The van der Waals surface area contributed by atoms with Crippen molar-refractivity contribution in [3.63, 3.8) is 0 Å². The summed E-state index contributed by atoms with van der Waals surface area (Å²) in [4.78, 5) is 37.8. The Morgan fingerprint density at radius 1 is 1.06 bits per heavy atom. The number of hydrogen-bond acceptors (Lipinski definition) is 4. The Labute approximate surface area is 204 Å². The van der Waals surface area contributed by atoms with Gasteiger partial charge in [0, 0.05) is 38.0 Å². The molecule has 178 valence electrons. The van der Waals surface area contributed by atoms with E-state index in [0.717, 1.165) is 47.8 Å². The van der Waals surface area contributed by atoms with Crippen LogP contribution in [0.4, 0.5) is 5.82 Å². The molecular formula is C28H29N5O2. The van der Waals surface area contributed by atoms with Crippen molar-refractivity contribution in [2.75, 3.05) is 11.9 Å². The Kier molecular flexibility index (Phi) is 6.31. The predicted molar refractivity (Wildman–Crippen MR) is 137 cm³/mol. The molecule has 0 saturated heterocycles. The number of rotatable bonds is 6. The second kappa shape index (κ2) is 9.70. The third kappa shape index (κ3) is 4.30. The fraction of sp³-hybridized carbons (Fsp3) is 0.286. The maximum Gasteiger partial charge on any atom is 0.272 e. The van der Waals surface area contributed by atoms with Crippen molar-refractivity contribution in [3.8, 4) is 0 Å². The molecule has 4 aromatic rings. The largest absolute Gasteiger partial charge is 0.344 e. The number of nitrogens with zero attached hydrogens (tertiary/aromatic N) is 4. The molecule has 3 heterocycles. The average molecular weight is 468 g/mol. The van der Waals surface area contributed by atoms with Crippen molar-refractivity contribution in [2.45, 2.75) is 45.2 Å². The van der Waals surface area contributed by atoms with Crippen LogP contribution in [-0.4, -0.2) is 33.4 Å². The van der Waals surface area contributed by atoms with Gasteiger partial charge in [-0.2, -0.15) is 0 Å². The van der Waals surface area contributed by atoms with E-state index in [1.807, 2.05) is 66.1 Å². The normalized spacial score (nSPS) is 13.8. The van der Waals surface area contributed by atoms with Crippen LogP contribution in [0.25, 0.3) is 10.8 Å². The van der Waals surface area contributed by atoms with Crippen LogP contribution in [-0.2, 0) is 13.0 Å². The first-order valence-corrected chi connectivity index (χ1v) is 12.1. The van der Waals surface area contributed by atoms with Crippen molar-refractivity contribution in [3.05, 3.63) is 89.6 Å². The molecule has 1 atom stereocenters. The second-order valence-electron chi connectivity index (χ2n) is 8.91. The van der Waals surface area contributed by atoms with Crippen molar-refractivity contribution >= 4 is 28.4 Å². The number of amides is 2. The molecule has 35 heavy (non-hydrogen) atoms. The number of nitrogens with one attached hydrogen (secondary N) is 1. The molecule has 0 aliphatic carbocycles. The van der Waals surface area contributed by atoms with E-state index in [2.05, 4.69) is 10.3 Å². The van der Waals surface area contributed by atoms with E-state index >= 15 is 0 Å². The fourth-order valence-electron chi connectivity index (χ4n) is 4.86. The van der Waals surface area contributed by atoms with Crippen LogP contribution in [0.1, 0.15) is 64.5 Å². The zero-order valence-electron chi connectivity index (χ0n) is 20.1. The summed E-state index contributed by atoms with van der Waals surface area (Å²) in [5.74, 6) is 0.849. The molecule has 1 aliphatic rings. The van der Waals surface area contributed by atoms with Crippen LogP contribution in [0.3, 0.4) is 0 Å². The van der Waals surface area contributed by atoms with Gasteiger partial charge in [-0.1, -0.05) is 43.3 Å². The first-order chi connectivity index (χ1) is 17.1. The number of aryl methyl sites for hydroxylation is 1. The summed E-state index contributed by atoms with van der Waals surface area (Å²) in [6.45, 7) is 2.75. The van der Waals surface area contributed by atoms with Gasteiger partial charge in [0.25, 0.3) is 11.8 Å². The molecule has 1 unspecified atom stereocenters. The summed E-state index contributed by atoms with van der Waals surface area (Å²) in [5.41, 5.74) is 2.03. The number of aromatic nitrogens is 3. The quantitative estimate of drug-likeness (QED) is 0.436. The van der Waals surface area contributed by atoms with Gasteiger partial charge in [-0.15, -0.1) is 0 Å². The molecule has 2 aromatic heterocycles. The third-order valence-electron chi connectivity index (χ3n) is 6.74. The van der Waals surface area contributed by atoms with Crippen LogP contribution in [0.5, 0.6) is 0 Å². The van der Waals surface area contributed by atoms with E-state index in [1.54, 1.807) is 19.4 Å². The minimum Gasteiger partial charge on any atom is -0.344 e. The third-order valence-corrected chi connectivity index (χ3v) is 6.74. The zero-order chi connectivity index (χ0) is 24.4. The zero-order valence-corrected chi connectivity index (χ0v) is 20.1. The first kappa shape index (κ1) is 22.8. The molecule has 2 aromatic carbocycles. The topological polar surface area (TPSA) is 80.1 Å². The number of carbonyl (C=O) groups excluding carboxylic acids is 2. The number of imidazole rings is 1. The second-order valence-corrected chi connectivity index (χ2v) is 8.91. The average Bonchev–Trinajstić information content (AvgIpc) is 3.30. The lowest BCUT2D eigenvalue weighted by Crippen LogP contribution is -2.34. The Bertz CT molecular complexity index is 1370. The molecule has 0 bridgehead atoms. The van der Waals surface area contributed by atoms with Gasteiger partial charge in [-0.05, 0) is 53.8 Å². The van der Waals surface area contributed by atoms with Gasteiger partial charge in [0.05, 0.1) is 6.04 Å². The summed E-state index contributed by atoms with van der Waals surface area (Å²) < 4.78 is 1.99. The number of fused-ring (bicyclic) bond motifs is 2. The standard InChI is InChI=1S/C28H29N5O2/c1-3-23(20-14-16-29-17-15-20)30-27(34)25-26(31-24-13-6-7-18-33(24)25)32(2)28(35)22-12-8-10-19-9-4-5-11-21(19)22/h4-5,8-12,14-17,23H,3,6-7,13,18H2,1-2H3,(H,30,34). The summed E-state index contributed by atoms with van der Waals surface area (Å²) in [6, 6.07) is 17.2. The monoisotopic (exact) mass is 467 g/mol. The maximum atomic E-state index is 13.7. The lowest BCUT2D eigenvalue weighted by Gasteiger charge is -2.22. The first-order valence-electron chi connectivity index (χ1n) is 12.1. The molecule has 1 aliphatic heterocycles.